The molecule has 0 aromatic carbocycles. The fourth-order valence-corrected chi connectivity index (χ4v) is 1.60. The van der Waals surface area contributed by atoms with E-state index in [1.165, 1.54) is 11.5 Å². The summed E-state index contributed by atoms with van der Waals surface area (Å²) >= 11 is 1.19. The van der Waals surface area contributed by atoms with Crippen LogP contribution in [0.2, 0.25) is 0 Å². The number of nitrogens with zero attached hydrogens (tertiary/aromatic N) is 4. The van der Waals surface area contributed by atoms with Gasteiger partial charge in [0.1, 0.15) is 6.10 Å². The number of hydrogen-bond donors (Lipinski definition) is 1. The normalized spacial score (nSPS) is 13.1. The van der Waals surface area contributed by atoms with Gasteiger partial charge in [-0.3, -0.25) is 4.68 Å². The maximum Gasteiger partial charge on any atom is 0.133 e. The van der Waals surface area contributed by atoms with E-state index in [1.807, 2.05) is 0 Å². The first kappa shape index (κ1) is 8.33. The molecule has 5 nitrogen and oxygen atoms in total. The van der Waals surface area contributed by atoms with Crippen LogP contribution >= 0.6 is 11.5 Å². The minimum Gasteiger partial charge on any atom is -0.381 e. The average Bonchev–Trinajstić information content (AvgIpc) is 2.72. The highest BCUT2D eigenvalue weighted by Crippen LogP contribution is 2.22. The van der Waals surface area contributed by atoms with Gasteiger partial charge in [-0.2, -0.15) is 5.10 Å². The highest BCUT2D eigenvalue weighted by molar-refractivity contribution is 7.05. The molecule has 1 atom stereocenters. The van der Waals surface area contributed by atoms with E-state index in [0.29, 0.717) is 0 Å². The zero-order valence-corrected chi connectivity index (χ0v) is 7.77. The first-order valence-electron chi connectivity index (χ1n) is 3.72. The minimum absolute atomic E-state index is 0.674. The lowest BCUT2D eigenvalue weighted by molar-refractivity contribution is 0.213. The molecular formula is C7H8N4OS. The Kier molecular flexibility index (Phi) is 2.07. The van der Waals surface area contributed by atoms with Crippen molar-refractivity contribution in [2.75, 3.05) is 0 Å². The fraction of sp³-hybridized carbons (Fsp3) is 0.286. The minimum atomic E-state index is -0.674. The van der Waals surface area contributed by atoms with Crippen LogP contribution < -0.4 is 0 Å². The second-order valence-electron chi connectivity index (χ2n) is 2.60. The quantitative estimate of drug-likeness (QED) is 0.753. The Morgan fingerprint density at radius 2 is 2.46 bits per heavy atom. The van der Waals surface area contributed by atoms with Gasteiger partial charge in [0.2, 0.25) is 0 Å². The average molecular weight is 196 g/mol. The largest absolute Gasteiger partial charge is 0.381 e. The molecule has 0 fully saturated rings. The summed E-state index contributed by atoms with van der Waals surface area (Å²) in [6, 6.07) is 1.77. The summed E-state index contributed by atoms with van der Waals surface area (Å²) in [7, 11) is 1.78. The van der Waals surface area contributed by atoms with Crippen LogP contribution in [0.25, 0.3) is 0 Å². The van der Waals surface area contributed by atoms with Crippen LogP contribution in [0, 0.1) is 0 Å². The second-order valence-corrected chi connectivity index (χ2v) is 3.42. The molecule has 2 aromatic rings. The number of aryl methyl sites for hydroxylation is 1. The van der Waals surface area contributed by atoms with E-state index >= 15 is 0 Å². The third-order valence-corrected chi connectivity index (χ3v) is 2.50. The van der Waals surface area contributed by atoms with Crippen molar-refractivity contribution in [3.8, 4) is 0 Å². The van der Waals surface area contributed by atoms with Gasteiger partial charge in [0.05, 0.1) is 16.8 Å². The molecule has 2 aromatic heterocycles. The van der Waals surface area contributed by atoms with Gasteiger partial charge < -0.3 is 5.11 Å². The van der Waals surface area contributed by atoms with E-state index in [2.05, 4.69) is 14.7 Å². The topological polar surface area (TPSA) is 63.8 Å². The first-order chi connectivity index (χ1) is 6.29. The van der Waals surface area contributed by atoms with E-state index in [4.69, 9.17) is 0 Å². The lowest BCUT2D eigenvalue weighted by Crippen LogP contribution is -2.04. The van der Waals surface area contributed by atoms with Crippen LogP contribution in [0.3, 0.4) is 0 Å². The molecule has 2 heterocycles. The summed E-state index contributed by atoms with van der Waals surface area (Å²) < 4.78 is 5.31. The predicted molar refractivity (Wildman–Crippen MR) is 47.2 cm³/mol. The van der Waals surface area contributed by atoms with Crippen molar-refractivity contribution in [1.82, 2.24) is 19.4 Å². The molecule has 0 aliphatic heterocycles. The Bertz CT molecular complexity index is 383. The lowest BCUT2D eigenvalue weighted by atomic mass is 10.2. The molecule has 0 saturated carbocycles. The van der Waals surface area contributed by atoms with Crippen molar-refractivity contribution in [2.24, 2.45) is 7.05 Å². The number of aliphatic hydroxyl groups excluding tert-OH is 1. The first-order valence-corrected chi connectivity index (χ1v) is 4.49. The maximum absolute atomic E-state index is 9.82. The van der Waals surface area contributed by atoms with Crippen LogP contribution in [-0.4, -0.2) is 24.5 Å². The molecule has 0 aliphatic rings. The van der Waals surface area contributed by atoms with E-state index in [-0.39, 0.29) is 0 Å². The van der Waals surface area contributed by atoms with E-state index in [9.17, 15) is 5.11 Å². The predicted octanol–water partition coefficient (Wildman–Crippen LogP) is 0.353. The molecule has 6 heteroatoms. The molecule has 0 amide bonds. The van der Waals surface area contributed by atoms with Gasteiger partial charge in [0.15, 0.2) is 0 Å². The van der Waals surface area contributed by atoms with Crippen molar-refractivity contribution in [3.05, 3.63) is 29.0 Å². The fourth-order valence-electron chi connectivity index (χ4n) is 1.09. The molecule has 0 saturated heterocycles. The Hall–Kier alpha value is -1.27. The molecule has 1 N–H and O–H groups in total. The molecular weight excluding hydrogens is 188 g/mol. The van der Waals surface area contributed by atoms with Crippen LogP contribution in [0.4, 0.5) is 0 Å². The van der Waals surface area contributed by atoms with Crippen LogP contribution in [0.5, 0.6) is 0 Å². The molecule has 68 valence electrons. The van der Waals surface area contributed by atoms with Crippen molar-refractivity contribution >= 4 is 11.5 Å². The molecule has 0 bridgehead atoms. The Morgan fingerprint density at radius 1 is 1.62 bits per heavy atom. The zero-order chi connectivity index (χ0) is 9.26. The van der Waals surface area contributed by atoms with Crippen molar-refractivity contribution in [3.63, 3.8) is 0 Å². The van der Waals surface area contributed by atoms with E-state index in [1.54, 1.807) is 30.2 Å². The second kappa shape index (κ2) is 3.23. The highest BCUT2D eigenvalue weighted by Gasteiger charge is 2.15. The van der Waals surface area contributed by atoms with Gasteiger partial charge >= 0.3 is 0 Å². The summed E-state index contributed by atoms with van der Waals surface area (Å²) in [4.78, 5) is 0.726. The van der Waals surface area contributed by atoms with Crippen molar-refractivity contribution in [2.45, 2.75) is 6.10 Å². The smallest absolute Gasteiger partial charge is 0.133 e. The third kappa shape index (κ3) is 1.45. The monoisotopic (exact) mass is 196 g/mol. The van der Waals surface area contributed by atoms with E-state index < -0.39 is 6.10 Å². The summed E-state index contributed by atoms with van der Waals surface area (Å²) in [6.07, 6.45) is 2.53. The van der Waals surface area contributed by atoms with Crippen molar-refractivity contribution in [1.29, 1.82) is 0 Å². The summed E-state index contributed by atoms with van der Waals surface area (Å²) in [5, 5.41) is 17.4. The molecule has 0 aliphatic carbocycles. The summed E-state index contributed by atoms with van der Waals surface area (Å²) in [5.74, 6) is 0. The van der Waals surface area contributed by atoms with Gasteiger partial charge in [-0.15, -0.1) is 5.10 Å². The number of rotatable bonds is 2. The lowest BCUT2D eigenvalue weighted by Gasteiger charge is -2.06. The van der Waals surface area contributed by atoms with Crippen LogP contribution in [0.15, 0.2) is 18.5 Å². The van der Waals surface area contributed by atoms with Gasteiger partial charge in [0.25, 0.3) is 0 Å². The number of hydrogen-bond acceptors (Lipinski definition) is 5. The molecule has 13 heavy (non-hydrogen) atoms. The highest BCUT2D eigenvalue weighted by atomic mass is 32.1. The molecule has 0 spiro atoms. The van der Waals surface area contributed by atoms with Gasteiger partial charge in [0, 0.05) is 13.2 Å². The van der Waals surface area contributed by atoms with Crippen LogP contribution in [-0.2, 0) is 7.05 Å². The number of aromatic nitrogens is 4. The number of aliphatic hydroxyl groups is 1. The Balaban J connectivity index is 2.33. The van der Waals surface area contributed by atoms with Gasteiger partial charge in [-0.1, -0.05) is 4.49 Å². The summed E-state index contributed by atoms with van der Waals surface area (Å²) in [5.41, 5.74) is 0.742. The van der Waals surface area contributed by atoms with Gasteiger partial charge in [-0.25, -0.2) is 0 Å². The van der Waals surface area contributed by atoms with E-state index in [0.717, 1.165) is 10.6 Å². The maximum atomic E-state index is 9.82. The molecule has 2 rings (SSSR count). The SMILES string of the molecule is Cn1nccc1C(O)c1cnns1. The zero-order valence-electron chi connectivity index (χ0n) is 6.95. The van der Waals surface area contributed by atoms with Crippen LogP contribution in [0.1, 0.15) is 16.7 Å². The Labute approximate surface area is 78.8 Å². The molecule has 0 radical (unpaired) electrons. The van der Waals surface area contributed by atoms with Gasteiger partial charge in [-0.05, 0) is 17.6 Å². The standard InChI is InChI=1S/C7H8N4OS/c1-11-5(2-3-9-11)7(12)6-4-8-10-13-6/h2-4,7,12H,1H3. The molecule has 1 unspecified atom stereocenters. The third-order valence-electron chi connectivity index (χ3n) is 1.79. The summed E-state index contributed by atoms with van der Waals surface area (Å²) in [6.45, 7) is 0. The van der Waals surface area contributed by atoms with Crippen molar-refractivity contribution < 1.29 is 5.11 Å². The Morgan fingerprint density at radius 3 is 3.00 bits per heavy atom.